The van der Waals surface area contributed by atoms with Gasteiger partial charge in [-0.15, -0.1) is 0 Å². The van der Waals surface area contributed by atoms with Crippen molar-refractivity contribution in [2.24, 2.45) is 11.8 Å². The number of carbonyl (C=O) groups excluding carboxylic acids is 3. The minimum atomic E-state index is -5.32. The van der Waals surface area contributed by atoms with Crippen LogP contribution in [-0.4, -0.2) is 126 Å². The summed E-state index contributed by atoms with van der Waals surface area (Å²) in [4.78, 5) is 68.0. The minimum Gasteiger partial charge on any atom is -0.482 e. The van der Waals surface area contributed by atoms with Crippen LogP contribution in [0.2, 0.25) is 0 Å². The Morgan fingerprint density at radius 2 is 1.60 bits per heavy atom. The summed E-state index contributed by atoms with van der Waals surface area (Å²) >= 11 is 0. The zero-order valence-corrected chi connectivity index (χ0v) is 39.7. The van der Waals surface area contributed by atoms with Gasteiger partial charge in [-0.3, -0.25) is 19.4 Å². The van der Waals surface area contributed by atoms with Gasteiger partial charge in [0.25, 0.3) is 0 Å². The van der Waals surface area contributed by atoms with Gasteiger partial charge in [-0.25, -0.2) is 9.36 Å². The largest absolute Gasteiger partial charge is 0.524 e. The number of allylic oxidation sites excluding steroid dienone is 5. The van der Waals surface area contributed by atoms with Crippen LogP contribution in [-0.2, 0) is 44.3 Å². The molecule has 5 atom stereocenters. The number of aliphatic hydroxyl groups is 1. The molecule has 1 spiro atoms. The van der Waals surface area contributed by atoms with Gasteiger partial charge in [-0.05, 0) is 93.2 Å². The number of ether oxygens (including phenoxy) is 7. The van der Waals surface area contributed by atoms with E-state index in [2.05, 4.69) is 6.08 Å². The van der Waals surface area contributed by atoms with Gasteiger partial charge in [0.2, 0.25) is 5.78 Å². The van der Waals surface area contributed by atoms with Crippen LogP contribution in [0.25, 0.3) is 6.08 Å². The Morgan fingerprint density at radius 1 is 0.923 bits per heavy atom. The molecule has 3 N–H and O–H groups in total. The first-order valence-electron chi connectivity index (χ1n) is 22.5. The first-order valence-corrected chi connectivity index (χ1v) is 24.0. The highest BCUT2D eigenvalue weighted by molar-refractivity contribution is 7.46. The molecule has 3 fully saturated rings. The third-order valence-corrected chi connectivity index (χ3v) is 13.6. The average molecular weight is 926 g/mol. The molecule has 4 heterocycles. The van der Waals surface area contributed by atoms with Crippen LogP contribution < -0.4 is 14.0 Å². The number of carbonyl (C=O) groups is 3. The molecule has 65 heavy (non-hydrogen) atoms. The normalized spacial score (nSPS) is 27.4. The van der Waals surface area contributed by atoms with Crippen LogP contribution in [0.4, 0.5) is 0 Å². The second-order valence-electron chi connectivity index (χ2n) is 18.8. The van der Waals surface area contributed by atoms with E-state index in [1.165, 1.54) is 0 Å². The second-order valence-corrected chi connectivity index (χ2v) is 20.0. The summed E-state index contributed by atoms with van der Waals surface area (Å²) in [6.07, 6.45) is 10.8. The number of fused-ring (bicyclic) bond motifs is 2. The standard InChI is InChI=1S/C48H64NO15P/c1-29(2)10-9-15-46(8)16-14-33-40(61-46)32(12-11-30(3)4)41-36(42(33)63-65(54,55)56)39(51)37-38(49-18-21-57-22-19-49)34-28-35-45(6,7)64-47(43(34)52,48(35,37)62-41)17-13-31(5)44(53)60-27-26-59-25-24-58-23-20-50/h10-11,13-14,16,34-35,50H,9,12,15,17-28H2,1-8H3,(H2,54,55,56)/b31-13-. The average Bonchev–Trinajstić information content (AvgIpc) is 3.38. The van der Waals surface area contributed by atoms with E-state index >= 15 is 9.59 Å². The number of phosphoric ester groups is 1. The molecule has 0 amide bonds. The third kappa shape index (κ3) is 9.17. The van der Waals surface area contributed by atoms with Crippen molar-refractivity contribution >= 4 is 31.4 Å². The van der Waals surface area contributed by atoms with Crippen molar-refractivity contribution in [2.45, 2.75) is 110 Å². The minimum absolute atomic E-state index is 0.00702. The Bertz CT molecular complexity index is 2270. The molecule has 356 valence electrons. The molecule has 5 unspecified atom stereocenters. The lowest BCUT2D eigenvalue weighted by atomic mass is 9.49. The maximum atomic E-state index is 16.1. The summed E-state index contributed by atoms with van der Waals surface area (Å²) in [5.74, 6) is -3.07. The molecule has 0 radical (unpaired) electrons. The third-order valence-electron chi connectivity index (χ3n) is 13.2. The van der Waals surface area contributed by atoms with Gasteiger partial charge < -0.3 is 47.7 Å². The first-order chi connectivity index (χ1) is 30.7. The molecule has 8 rings (SSSR count). The maximum absolute atomic E-state index is 16.1. The van der Waals surface area contributed by atoms with Crippen molar-refractivity contribution in [3.63, 3.8) is 0 Å². The summed E-state index contributed by atoms with van der Waals surface area (Å²) in [6, 6.07) is 0. The molecule has 1 aromatic rings. The van der Waals surface area contributed by atoms with Gasteiger partial charge >= 0.3 is 13.8 Å². The van der Waals surface area contributed by atoms with Crippen molar-refractivity contribution in [1.82, 2.24) is 4.90 Å². The molecule has 1 saturated carbocycles. The Kier molecular flexibility index (Phi) is 14.2. The number of esters is 1. The van der Waals surface area contributed by atoms with Crippen molar-refractivity contribution in [2.75, 3.05) is 65.9 Å². The number of hydrogen-bond donors (Lipinski definition) is 3. The zero-order chi connectivity index (χ0) is 47.1. The molecule has 1 aromatic carbocycles. The Morgan fingerprint density at radius 3 is 2.26 bits per heavy atom. The fraction of sp³-hybridized carbons (Fsp3) is 0.604. The molecular weight excluding hydrogens is 861 g/mol. The molecule has 2 saturated heterocycles. The van der Waals surface area contributed by atoms with Gasteiger partial charge in [-0.2, -0.15) is 0 Å². The van der Waals surface area contributed by atoms with Crippen LogP contribution in [0, 0.1) is 11.8 Å². The summed E-state index contributed by atoms with van der Waals surface area (Å²) in [7, 11) is -5.32. The summed E-state index contributed by atoms with van der Waals surface area (Å²) in [5.41, 5.74) is -2.13. The number of rotatable bonds is 19. The predicted molar refractivity (Wildman–Crippen MR) is 239 cm³/mol. The van der Waals surface area contributed by atoms with Crippen LogP contribution in [0.5, 0.6) is 17.2 Å². The van der Waals surface area contributed by atoms with E-state index < -0.39 is 53.8 Å². The highest BCUT2D eigenvalue weighted by Gasteiger charge is 2.83. The number of morpholine rings is 1. The van der Waals surface area contributed by atoms with E-state index in [1.54, 1.807) is 19.1 Å². The van der Waals surface area contributed by atoms with Crippen LogP contribution in [0.3, 0.4) is 0 Å². The lowest BCUT2D eigenvalue weighted by molar-refractivity contribution is -0.174. The van der Waals surface area contributed by atoms with Crippen LogP contribution >= 0.6 is 7.82 Å². The zero-order valence-electron chi connectivity index (χ0n) is 38.8. The number of aliphatic hydroxyl groups excluding tert-OH is 1. The number of Topliss-reactive ketones (excluding diaryl/α,β-unsaturated/α-hetero) is 2. The SMILES string of the molecule is CC(C)=CCCC1(C)C=Cc2c(c(CC=C(C)C)c3c(c2OP(=O)(O)O)C(=O)C2=C(N4CCOCC4)C4CC5C(C)(C)OC(C/C=C(/C)C(=O)OCCOCCOCCO)(C4=O)C25O3)O1. The Hall–Kier alpha value is -4.12. The molecule has 7 aliphatic rings. The smallest absolute Gasteiger partial charge is 0.482 e. The van der Waals surface area contributed by atoms with E-state index in [0.29, 0.717) is 56.8 Å². The Balaban J connectivity index is 1.41. The summed E-state index contributed by atoms with van der Waals surface area (Å²) in [5, 5.41) is 8.88. The fourth-order valence-corrected chi connectivity index (χ4v) is 10.8. The molecule has 16 nitrogen and oxygen atoms in total. The van der Waals surface area contributed by atoms with Crippen LogP contribution in [0.15, 0.2) is 52.3 Å². The predicted octanol–water partition coefficient (Wildman–Crippen LogP) is 6.15. The molecule has 17 heteroatoms. The fourth-order valence-electron chi connectivity index (χ4n) is 10.3. The van der Waals surface area contributed by atoms with Crippen molar-refractivity contribution in [3.8, 4) is 17.2 Å². The van der Waals surface area contributed by atoms with E-state index in [1.807, 2.05) is 65.5 Å². The number of ketones is 2. The van der Waals surface area contributed by atoms with E-state index in [-0.39, 0.29) is 97.8 Å². The lowest BCUT2D eigenvalue weighted by Crippen LogP contribution is -2.74. The highest BCUT2D eigenvalue weighted by Crippen LogP contribution is 2.71. The second kappa shape index (κ2) is 18.9. The van der Waals surface area contributed by atoms with Gasteiger partial charge in [0, 0.05) is 42.3 Å². The highest BCUT2D eigenvalue weighted by atomic mass is 31.2. The molecule has 3 aliphatic carbocycles. The Labute approximate surface area is 380 Å². The number of hydrogen-bond acceptors (Lipinski definition) is 14. The number of nitrogens with zero attached hydrogens (tertiary/aromatic N) is 1. The van der Waals surface area contributed by atoms with E-state index in [0.717, 1.165) is 11.1 Å². The maximum Gasteiger partial charge on any atom is 0.524 e. The quantitative estimate of drug-likeness (QED) is 0.0468. The van der Waals surface area contributed by atoms with Crippen molar-refractivity contribution in [1.29, 1.82) is 0 Å². The van der Waals surface area contributed by atoms with E-state index in [4.69, 9.17) is 42.8 Å². The summed E-state index contributed by atoms with van der Waals surface area (Å²) < 4.78 is 61.9. The molecule has 0 aromatic heterocycles. The lowest BCUT2D eigenvalue weighted by Gasteiger charge is -2.59. The van der Waals surface area contributed by atoms with Crippen molar-refractivity contribution in [3.05, 3.63) is 69.0 Å². The van der Waals surface area contributed by atoms with Crippen LogP contribution in [0.1, 0.15) is 103 Å². The van der Waals surface area contributed by atoms with E-state index in [9.17, 15) is 19.1 Å². The first kappa shape index (κ1) is 48.8. The molecule has 4 bridgehead atoms. The molecule has 4 aliphatic heterocycles. The van der Waals surface area contributed by atoms with Gasteiger partial charge in [0.15, 0.2) is 22.7 Å². The van der Waals surface area contributed by atoms with Gasteiger partial charge in [0.1, 0.15) is 29.3 Å². The van der Waals surface area contributed by atoms with Gasteiger partial charge in [0.05, 0.1) is 68.9 Å². The van der Waals surface area contributed by atoms with Gasteiger partial charge in [-0.1, -0.05) is 29.4 Å². The number of phosphoric acid groups is 1. The summed E-state index contributed by atoms with van der Waals surface area (Å²) in [6.45, 7) is 17.3. The monoisotopic (exact) mass is 925 g/mol. The molecular formula is C48H64NO15P. The number of benzene rings is 1. The topological polar surface area (TPSA) is 206 Å². The van der Waals surface area contributed by atoms with Crippen molar-refractivity contribution < 1.29 is 71.5 Å².